The van der Waals surface area contributed by atoms with E-state index in [1.165, 1.54) is 17.3 Å². The molecule has 6 heteroatoms. The Kier molecular flexibility index (Phi) is 6.20. The van der Waals surface area contributed by atoms with Gasteiger partial charge in [0.1, 0.15) is 0 Å². The van der Waals surface area contributed by atoms with Gasteiger partial charge in [-0.1, -0.05) is 47.6 Å². The number of nitrogens with two attached hydrogens (primary N) is 1. The Labute approximate surface area is 144 Å². The highest BCUT2D eigenvalue weighted by Gasteiger charge is 2.27. The minimum absolute atomic E-state index is 0.0967. The second-order valence-electron chi connectivity index (χ2n) is 6.18. The van der Waals surface area contributed by atoms with Crippen molar-refractivity contribution in [1.29, 1.82) is 0 Å². The first-order chi connectivity index (χ1) is 10.4. The van der Waals surface area contributed by atoms with Crippen molar-refractivity contribution in [3.8, 4) is 0 Å². The van der Waals surface area contributed by atoms with Gasteiger partial charge < -0.3 is 20.5 Å². The van der Waals surface area contributed by atoms with Crippen LogP contribution in [0.3, 0.4) is 0 Å². The predicted molar refractivity (Wildman–Crippen MR) is 94.5 cm³/mol. The third-order valence-corrected chi connectivity index (χ3v) is 4.73. The van der Waals surface area contributed by atoms with Gasteiger partial charge in [-0.3, -0.25) is 0 Å². The van der Waals surface area contributed by atoms with Gasteiger partial charge in [0, 0.05) is 21.0 Å². The molecule has 3 N–H and O–H groups in total. The van der Waals surface area contributed by atoms with Crippen molar-refractivity contribution in [2.24, 2.45) is 11.1 Å². The number of hydrogen-bond donors (Lipinski definition) is 2. The summed E-state index contributed by atoms with van der Waals surface area (Å²) in [6.45, 7) is 8.35. The van der Waals surface area contributed by atoms with E-state index in [-0.39, 0.29) is 11.7 Å². The lowest BCUT2D eigenvalue weighted by Crippen LogP contribution is -2.41. The van der Waals surface area contributed by atoms with Crippen LogP contribution in [-0.4, -0.2) is 26.0 Å². The first-order valence-corrected chi connectivity index (χ1v) is 8.83. The zero-order chi connectivity index (χ0) is 16.2. The molecule has 0 spiro atoms. The lowest BCUT2D eigenvalue weighted by Gasteiger charge is -2.34. The standard InChI is InChI=1S/C16H23BrN2O2S/c1-11-4-5-12(17)6-13(11)22-14(18)7-19-8-15-20-9-16(2,3)10-21-15/h4-7,15,19H,8-10,18H2,1-3H3/b14-7+. The van der Waals surface area contributed by atoms with Crippen LogP contribution in [0.5, 0.6) is 0 Å². The third kappa shape index (κ3) is 5.50. The number of hydrogen-bond acceptors (Lipinski definition) is 5. The van der Waals surface area contributed by atoms with Crippen molar-refractivity contribution in [1.82, 2.24) is 5.32 Å². The minimum atomic E-state index is -0.213. The summed E-state index contributed by atoms with van der Waals surface area (Å²) in [5.74, 6) is 0. The Morgan fingerprint density at radius 3 is 2.82 bits per heavy atom. The van der Waals surface area contributed by atoms with E-state index < -0.39 is 0 Å². The molecular formula is C16H23BrN2O2S. The number of benzene rings is 1. The number of aryl methyl sites for hydroxylation is 1. The van der Waals surface area contributed by atoms with E-state index in [1.54, 1.807) is 6.20 Å². The van der Waals surface area contributed by atoms with Crippen LogP contribution in [0, 0.1) is 12.3 Å². The van der Waals surface area contributed by atoms with E-state index in [2.05, 4.69) is 54.2 Å². The van der Waals surface area contributed by atoms with Crippen molar-refractivity contribution in [3.63, 3.8) is 0 Å². The van der Waals surface area contributed by atoms with Crippen LogP contribution in [0.4, 0.5) is 0 Å². The number of thioether (sulfide) groups is 1. The molecule has 0 aliphatic carbocycles. The topological polar surface area (TPSA) is 56.5 Å². The van der Waals surface area contributed by atoms with E-state index in [0.29, 0.717) is 24.8 Å². The van der Waals surface area contributed by atoms with Crippen molar-refractivity contribution >= 4 is 27.7 Å². The van der Waals surface area contributed by atoms with Crippen LogP contribution in [0.1, 0.15) is 19.4 Å². The Hall–Kier alpha value is -0.690. The molecule has 122 valence electrons. The van der Waals surface area contributed by atoms with Crippen LogP contribution in [-0.2, 0) is 9.47 Å². The SMILES string of the molecule is Cc1ccc(Br)cc1S/C(N)=C/NCC1OCC(C)(C)CO1. The van der Waals surface area contributed by atoms with Crippen LogP contribution < -0.4 is 11.1 Å². The van der Waals surface area contributed by atoms with Crippen molar-refractivity contribution in [3.05, 3.63) is 39.5 Å². The first kappa shape index (κ1) is 17.7. The summed E-state index contributed by atoms with van der Waals surface area (Å²) in [5, 5.41) is 3.87. The van der Waals surface area contributed by atoms with Gasteiger partial charge in [-0.2, -0.15) is 0 Å². The summed E-state index contributed by atoms with van der Waals surface area (Å²) in [5.41, 5.74) is 7.34. The molecule has 4 nitrogen and oxygen atoms in total. The fraction of sp³-hybridized carbons (Fsp3) is 0.500. The van der Waals surface area contributed by atoms with E-state index >= 15 is 0 Å². The number of halogens is 1. The Morgan fingerprint density at radius 2 is 2.14 bits per heavy atom. The highest BCUT2D eigenvalue weighted by Crippen LogP contribution is 2.29. The predicted octanol–water partition coefficient (Wildman–Crippen LogP) is 3.60. The van der Waals surface area contributed by atoms with E-state index in [4.69, 9.17) is 15.2 Å². The molecule has 0 saturated carbocycles. The summed E-state index contributed by atoms with van der Waals surface area (Å²) in [7, 11) is 0. The van der Waals surface area contributed by atoms with Crippen LogP contribution in [0.25, 0.3) is 0 Å². The zero-order valence-corrected chi connectivity index (χ0v) is 15.6. The highest BCUT2D eigenvalue weighted by molar-refractivity contribution is 9.10. The summed E-state index contributed by atoms with van der Waals surface area (Å²) in [6.07, 6.45) is 1.59. The van der Waals surface area contributed by atoms with E-state index in [1.807, 2.05) is 6.07 Å². The lowest BCUT2D eigenvalue weighted by atomic mass is 9.96. The Balaban J connectivity index is 1.80. The molecule has 1 aromatic carbocycles. The number of rotatable bonds is 5. The van der Waals surface area contributed by atoms with Crippen molar-refractivity contribution in [2.75, 3.05) is 19.8 Å². The summed E-state index contributed by atoms with van der Waals surface area (Å²) < 4.78 is 12.4. The molecule has 1 aliphatic rings. The molecule has 2 rings (SSSR count). The first-order valence-electron chi connectivity index (χ1n) is 7.22. The van der Waals surface area contributed by atoms with Gasteiger partial charge in [-0.05, 0) is 24.6 Å². The minimum Gasteiger partial charge on any atom is -0.392 e. The normalized spacial score (nSPS) is 19.2. The van der Waals surface area contributed by atoms with Gasteiger partial charge in [0.2, 0.25) is 0 Å². The van der Waals surface area contributed by atoms with Gasteiger partial charge >= 0.3 is 0 Å². The summed E-state index contributed by atoms with van der Waals surface area (Å²) >= 11 is 5.01. The van der Waals surface area contributed by atoms with Crippen LogP contribution in [0.2, 0.25) is 0 Å². The van der Waals surface area contributed by atoms with Gasteiger partial charge in [0.15, 0.2) is 6.29 Å². The molecule has 1 aromatic rings. The quantitative estimate of drug-likeness (QED) is 0.757. The maximum Gasteiger partial charge on any atom is 0.174 e. The van der Waals surface area contributed by atoms with Crippen LogP contribution in [0.15, 0.2) is 38.8 Å². The molecule has 0 atom stereocenters. The lowest BCUT2D eigenvalue weighted by molar-refractivity contribution is -0.217. The molecule has 0 radical (unpaired) electrons. The monoisotopic (exact) mass is 386 g/mol. The molecule has 0 unspecified atom stereocenters. The maximum absolute atomic E-state index is 6.05. The number of ether oxygens (including phenoxy) is 2. The van der Waals surface area contributed by atoms with Crippen molar-refractivity contribution in [2.45, 2.75) is 32.0 Å². The summed E-state index contributed by atoms with van der Waals surface area (Å²) in [4.78, 5) is 1.14. The van der Waals surface area contributed by atoms with Gasteiger partial charge in [0.25, 0.3) is 0 Å². The molecule has 22 heavy (non-hydrogen) atoms. The average Bonchev–Trinajstić information content (AvgIpc) is 2.45. The second kappa shape index (κ2) is 7.73. The summed E-state index contributed by atoms with van der Waals surface area (Å²) in [6, 6.07) is 6.16. The highest BCUT2D eigenvalue weighted by atomic mass is 79.9. The molecule has 1 saturated heterocycles. The fourth-order valence-electron chi connectivity index (χ4n) is 1.94. The second-order valence-corrected chi connectivity index (χ2v) is 8.21. The molecular weight excluding hydrogens is 364 g/mol. The Morgan fingerprint density at radius 1 is 1.45 bits per heavy atom. The Bertz CT molecular complexity index is 539. The molecule has 1 heterocycles. The fourth-order valence-corrected chi connectivity index (χ4v) is 3.26. The van der Waals surface area contributed by atoms with Gasteiger partial charge in [-0.15, -0.1) is 0 Å². The molecule has 0 bridgehead atoms. The molecule has 1 aliphatic heterocycles. The smallest absolute Gasteiger partial charge is 0.174 e. The van der Waals surface area contributed by atoms with Gasteiger partial charge in [-0.25, -0.2) is 0 Å². The third-order valence-electron chi connectivity index (χ3n) is 3.23. The zero-order valence-electron chi connectivity index (χ0n) is 13.2. The van der Waals surface area contributed by atoms with E-state index in [9.17, 15) is 0 Å². The molecule has 0 amide bonds. The van der Waals surface area contributed by atoms with Crippen LogP contribution >= 0.6 is 27.7 Å². The molecule has 0 aromatic heterocycles. The van der Waals surface area contributed by atoms with Crippen molar-refractivity contribution < 1.29 is 9.47 Å². The maximum atomic E-state index is 6.05. The van der Waals surface area contributed by atoms with Gasteiger partial charge in [0.05, 0.1) is 24.8 Å². The number of nitrogens with one attached hydrogen (secondary N) is 1. The molecule has 1 fully saturated rings. The average molecular weight is 387 g/mol. The van der Waals surface area contributed by atoms with E-state index in [0.717, 1.165) is 9.37 Å². The largest absolute Gasteiger partial charge is 0.392 e.